The van der Waals surface area contributed by atoms with Gasteiger partial charge in [0, 0.05) is 67.7 Å². The van der Waals surface area contributed by atoms with E-state index < -0.39 is 0 Å². The summed E-state index contributed by atoms with van der Waals surface area (Å²) < 4.78 is 0. The topological polar surface area (TPSA) is 157 Å². The van der Waals surface area contributed by atoms with Crippen molar-refractivity contribution in [3.63, 3.8) is 0 Å². The standard InChI is InChI=1S/C32H44N12O/c1-20-8-9-22(30(45)37-25-16-24(40-41-25)32(2,3)4)15-23(20)36-29-27-26(34-19-35-29)28(33)39-31(38-27)44-13-11-43(12-14-44)18-21-7-6-10-42(5)17-21/h8-9,15-16,19,21H,6-7,10-14,17-18H2,1-5H3,(H2,33,38,39)(H,34,35,36)(H2,37,40,41,45). The summed E-state index contributed by atoms with van der Waals surface area (Å²) in [5.41, 5.74) is 10.4. The van der Waals surface area contributed by atoms with Gasteiger partial charge >= 0.3 is 0 Å². The number of hydrogen-bond acceptors (Lipinski definition) is 11. The molecule has 0 bridgehead atoms. The molecule has 5 N–H and O–H groups in total. The van der Waals surface area contributed by atoms with E-state index in [2.05, 4.69) is 78.3 Å². The number of fused-ring (bicyclic) bond motifs is 1. The molecule has 0 spiro atoms. The van der Waals surface area contributed by atoms with Crippen LogP contribution in [-0.2, 0) is 5.41 Å². The minimum Gasteiger partial charge on any atom is -0.382 e. The van der Waals surface area contributed by atoms with Gasteiger partial charge in [0.1, 0.15) is 17.4 Å². The third-order valence-electron chi connectivity index (χ3n) is 8.77. The van der Waals surface area contributed by atoms with Crippen molar-refractivity contribution in [3.05, 3.63) is 47.4 Å². The van der Waals surface area contributed by atoms with Gasteiger partial charge in [0.25, 0.3) is 5.91 Å². The van der Waals surface area contributed by atoms with E-state index in [1.807, 2.05) is 19.1 Å². The van der Waals surface area contributed by atoms with Gasteiger partial charge in [-0.1, -0.05) is 26.8 Å². The van der Waals surface area contributed by atoms with Crippen LogP contribution in [0.5, 0.6) is 0 Å². The maximum absolute atomic E-state index is 13.1. The van der Waals surface area contributed by atoms with E-state index in [9.17, 15) is 4.79 Å². The van der Waals surface area contributed by atoms with Crippen molar-refractivity contribution in [2.45, 2.75) is 46.0 Å². The summed E-state index contributed by atoms with van der Waals surface area (Å²) in [5, 5.41) is 13.5. The lowest BCUT2D eigenvalue weighted by Crippen LogP contribution is -2.49. The van der Waals surface area contributed by atoms with E-state index in [1.54, 1.807) is 12.1 Å². The molecule has 2 fully saturated rings. The zero-order valence-electron chi connectivity index (χ0n) is 26.9. The quantitative estimate of drug-likeness (QED) is 0.241. The molecule has 2 saturated heterocycles. The first-order valence-corrected chi connectivity index (χ1v) is 15.7. The van der Waals surface area contributed by atoms with Crippen LogP contribution < -0.4 is 21.3 Å². The molecule has 2 aliphatic rings. The molecule has 1 amide bonds. The largest absolute Gasteiger partial charge is 0.382 e. The Balaban J connectivity index is 1.18. The molecule has 0 radical (unpaired) electrons. The summed E-state index contributed by atoms with van der Waals surface area (Å²) >= 11 is 0. The van der Waals surface area contributed by atoms with Crippen LogP contribution >= 0.6 is 0 Å². The third-order valence-corrected chi connectivity index (χ3v) is 8.77. The number of aryl methyl sites for hydroxylation is 1. The highest BCUT2D eigenvalue weighted by Crippen LogP contribution is 2.29. The highest BCUT2D eigenvalue weighted by atomic mass is 16.1. The van der Waals surface area contributed by atoms with E-state index >= 15 is 0 Å². The smallest absolute Gasteiger partial charge is 0.256 e. The highest BCUT2D eigenvalue weighted by Gasteiger charge is 2.25. The SMILES string of the molecule is Cc1ccc(C(=O)Nc2cc(C(C)(C)C)[nH]n2)cc1Nc1ncnc2c(N)nc(N3CCN(CC4CCCN(C)C4)CC3)nc12. The molecule has 6 rings (SSSR count). The summed E-state index contributed by atoms with van der Waals surface area (Å²) in [6.07, 6.45) is 4.03. The van der Waals surface area contributed by atoms with Gasteiger partial charge in [-0.3, -0.25) is 14.8 Å². The van der Waals surface area contributed by atoms with Crippen LogP contribution in [0.3, 0.4) is 0 Å². The number of rotatable bonds is 7. The lowest BCUT2D eigenvalue weighted by molar-refractivity contribution is 0.102. The van der Waals surface area contributed by atoms with Crippen LogP contribution in [0.25, 0.3) is 11.0 Å². The molecule has 3 aromatic heterocycles. The molecular weight excluding hydrogens is 568 g/mol. The van der Waals surface area contributed by atoms with Crippen LogP contribution in [0.4, 0.5) is 29.1 Å². The summed E-state index contributed by atoms with van der Waals surface area (Å²) in [6.45, 7) is 15.3. The summed E-state index contributed by atoms with van der Waals surface area (Å²) in [7, 11) is 2.22. The average molecular weight is 613 g/mol. The van der Waals surface area contributed by atoms with E-state index in [1.165, 1.54) is 32.3 Å². The van der Waals surface area contributed by atoms with Gasteiger partial charge in [-0.15, -0.1) is 0 Å². The number of aromatic nitrogens is 6. The molecule has 1 atom stereocenters. The number of amides is 1. The third kappa shape index (κ3) is 6.99. The van der Waals surface area contributed by atoms with Crippen molar-refractivity contribution in [1.82, 2.24) is 39.9 Å². The van der Waals surface area contributed by atoms with E-state index in [-0.39, 0.29) is 11.3 Å². The fraction of sp³-hybridized carbons (Fsp3) is 0.500. The molecule has 238 valence electrons. The van der Waals surface area contributed by atoms with Crippen LogP contribution in [0, 0.1) is 12.8 Å². The minimum absolute atomic E-state index is 0.107. The monoisotopic (exact) mass is 612 g/mol. The van der Waals surface area contributed by atoms with Crippen molar-refractivity contribution < 1.29 is 4.79 Å². The molecule has 45 heavy (non-hydrogen) atoms. The number of benzene rings is 1. The predicted octanol–water partition coefficient (Wildman–Crippen LogP) is 3.79. The molecule has 5 heterocycles. The molecular formula is C32H44N12O. The highest BCUT2D eigenvalue weighted by molar-refractivity contribution is 6.04. The number of carbonyl (C=O) groups is 1. The summed E-state index contributed by atoms with van der Waals surface area (Å²) in [6, 6.07) is 7.33. The normalized spacial score (nSPS) is 18.3. The Morgan fingerprint density at radius 1 is 1.07 bits per heavy atom. The number of anilines is 5. The number of piperazine rings is 1. The number of likely N-dealkylation sites (tertiary alicyclic amines) is 1. The van der Waals surface area contributed by atoms with Gasteiger partial charge in [0.05, 0.1) is 0 Å². The van der Waals surface area contributed by atoms with Crippen LogP contribution in [0.15, 0.2) is 30.6 Å². The minimum atomic E-state index is -0.263. The Hall–Kier alpha value is -4.36. The van der Waals surface area contributed by atoms with Crippen LogP contribution in [0.1, 0.15) is 55.2 Å². The molecule has 0 aliphatic carbocycles. The number of H-pyrrole nitrogens is 1. The Morgan fingerprint density at radius 3 is 2.60 bits per heavy atom. The van der Waals surface area contributed by atoms with Crippen molar-refractivity contribution in [1.29, 1.82) is 0 Å². The maximum atomic E-state index is 13.1. The van der Waals surface area contributed by atoms with Crippen molar-refractivity contribution in [2.75, 3.05) is 74.1 Å². The number of nitrogen functional groups attached to an aromatic ring is 1. The first kappa shape index (κ1) is 30.7. The van der Waals surface area contributed by atoms with Gasteiger partial charge in [-0.2, -0.15) is 10.1 Å². The number of nitrogens with zero attached hydrogens (tertiary/aromatic N) is 8. The number of nitrogens with one attached hydrogen (secondary N) is 3. The van der Waals surface area contributed by atoms with Gasteiger partial charge in [0.2, 0.25) is 5.95 Å². The first-order valence-electron chi connectivity index (χ1n) is 15.7. The number of hydrogen-bond donors (Lipinski definition) is 4. The second-order valence-corrected chi connectivity index (χ2v) is 13.4. The van der Waals surface area contributed by atoms with Gasteiger partial charge in [0.15, 0.2) is 17.5 Å². The summed E-state index contributed by atoms with van der Waals surface area (Å²) in [5.74, 6) is 2.33. The molecule has 4 aromatic rings. The molecule has 13 heteroatoms. The van der Waals surface area contributed by atoms with E-state index in [4.69, 9.17) is 10.7 Å². The van der Waals surface area contributed by atoms with Gasteiger partial charge in [-0.05, 0) is 57.0 Å². The zero-order valence-corrected chi connectivity index (χ0v) is 26.9. The van der Waals surface area contributed by atoms with E-state index in [0.29, 0.717) is 40.0 Å². The predicted molar refractivity (Wildman–Crippen MR) is 178 cm³/mol. The van der Waals surface area contributed by atoms with Gasteiger partial charge < -0.3 is 26.2 Å². The number of carbonyl (C=O) groups excluding carboxylic acids is 1. The Bertz CT molecular complexity index is 1670. The van der Waals surface area contributed by atoms with Crippen LogP contribution in [-0.4, -0.2) is 98.7 Å². The molecule has 13 nitrogen and oxygen atoms in total. The Labute approximate surface area is 264 Å². The average Bonchev–Trinajstić information content (AvgIpc) is 3.48. The lowest BCUT2D eigenvalue weighted by atomic mass is 9.92. The first-order chi connectivity index (χ1) is 21.5. The Kier molecular flexibility index (Phi) is 8.56. The second-order valence-electron chi connectivity index (χ2n) is 13.4. The van der Waals surface area contributed by atoms with Crippen molar-refractivity contribution in [3.8, 4) is 0 Å². The van der Waals surface area contributed by atoms with Gasteiger partial charge in [-0.25, -0.2) is 15.0 Å². The fourth-order valence-electron chi connectivity index (χ4n) is 6.09. The van der Waals surface area contributed by atoms with Crippen molar-refractivity contribution in [2.24, 2.45) is 5.92 Å². The van der Waals surface area contributed by atoms with Crippen molar-refractivity contribution >= 4 is 46.0 Å². The number of nitrogens with two attached hydrogens (primary N) is 1. The number of piperidine rings is 1. The van der Waals surface area contributed by atoms with Crippen LogP contribution in [0.2, 0.25) is 0 Å². The van der Waals surface area contributed by atoms with E-state index in [0.717, 1.165) is 55.6 Å². The Morgan fingerprint density at radius 2 is 1.87 bits per heavy atom. The zero-order chi connectivity index (χ0) is 31.7. The lowest BCUT2D eigenvalue weighted by Gasteiger charge is -2.38. The summed E-state index contributed by atoms with van der Waals surface area (Å²) in [4.78, 5) is 38.8. The molecule has 1 aromatic carbocycles. The molecule has 2 aliphatic heterocycles. The maximum Gasteiger partial charge on any atom is 0.256 e. The second kappa shape index (κ2) is 12.6. The fourth-order valence-corrected chi connectivity index (χ4v) is 6.09. The molecule has 1 unspecified atom stereocenters. The number of aromatic amines is 1. The molecule has 0 saturated carbocycles.